The second-order valence-electron chi connectivity index (χ2n) is 25.7. The van der Waals surface area contributed by atoms with E-state index in [1.54, 1.807) is 75.1 Å². The van der Waals surface area contributed by atoms with E-state index in [9.17, 15) is 32.4 Å². The van der Waals surface area contributed by atoms with Gasteiger partial charge in [-0.15, -0.1) is 0 Å². The summed E-state index contributed by atoms with van der Waals surface area (Å²) in [5, 5.41) is 6.89. The van der Waals surface area contributed by atoms with Crippen molar-refractivity contribution in [1.29, 1.82) is 0 Å². The largest absolute Gasteiger partial charge is 0.514 e. The Bertz CT molecular complexity index is 3850. The Morgan fingerprint density at radius 3 is 2.10 bits per heavy atom. The molecule has 19 nitrogen and oxygen atoms in total. The molecule has 3 amide bonds. The SMILES string of the molecule is COc1cccc(Nc2c(C(N)=O)cnc3c(C)cc(S(=O)(=O)c4cccc(C(=O)Nc5ccc(CCCCOCCCCCCN(C[C@H](O[Si](C)(C)C(C)(C)C)c6ccc(OC(=O)OC(C)(C)C)c7[nH]c(=O)ccc67)C(=O)OC(C)(C)C)cc5)c4)cc23)c1. The number of aromatic nitrogens is 2. The van der Waals surface area contributed by atoms with Crippen LogP contribution in [0.25, 0.3) is 21.8 Å². The summed E-state index contributed by atoms with van der Waals surface area (Å²) in [6.45, 7) is 25.0. The number of rotatable bonds is 26. The van der Waals surface area contributed by atoms with E-state index in [1.807, 2.05) is 51.1 Å². The van der Waals surface area contributed by atoms with Gasteiger partial charge in [-0.3, -0.25) is 19.4 Å². The number of aryl methyl sites for hydroxylation is 2. The standard InChI is InChI=1S/C68H86N6O13SSi/c1-44-38-51(41-54-59(44)70-42-55(62(69)76)60(54)71-48-24-21-25-49(40-48)82-11)88(80,81)50-26-20-23-46(39-50)63(77)72-47-29-27-45(28-30-47)22-16-19-37-83-36-18-15-14-17-35-74(64(78)85-66(2,3)4)43-57(87-89(12,13)68(8,9)10)52-31-33-56(84-65(79)86-67(5,6)7)61-53(52)32-34-58(75)73-61/h20-21,23-34,38-42,57H,14-19,22,35-37,43H2,1-13H3,(H2,69,76)(H,70,71)(H,72,77)(H,73,75)/t57-/m0/s1. The van der Waals surface area contributed by atoms with Gasteiger partial charge in [0.1, 0.15) is 17.0 Å². The summed E-state index contributed by atoms with van der Waals surface area (Å²) in [6, 6.07) is 29.9. The molecule has 0 unspecified atom stereocenters. The number of fused-ring (bicyclic) bond motifs is 2. The molecule has 0 radical (unpaired) electrons. The second kappa shape index (κ2) is 29.0. The van der Waals surface area contributed by atoms with Crippen molar-refractivity contribution in [3.05, 3.63) is 154 Å². The Morgan fingerprint density at radius 2 is 1.43 bits per heavy atom. The zero-order chi connectivity index (χ0) is 65.1. The molecule has 0 aliphatic rings. The number of hydrogen-bond acceptors (Lipinski definition) is 15. The molecule has 5 N–H and O–H groups in total. The van der Waals surface area contributed by atoms with Gasteiger partial charge in [-0.2, -0.15) is 0 Å². The maximum absolute atomic E-state index is 14.3. The average Bonchev–Trinajstić information content (AvgIpc) is 0.796. The number of sulfone groups is 1. The second-order valence-corrected chi connectivity index (χ2v) is 32.4. The number of H-pyrrole nitrogens is 1. The highest BCUT2D eigenvalue weighted by molar-refractivity contribution is 7.91. The molecule has 7 rings (SSSR count). The Labute approximate surface area is 523 Å². The number of unbranched alkanes of at least 4 members (excludes halogenated alkanes) is 4. The molecule has 5 aromatic carbocycles. The Balaban J connectivity index is 0.894. The summed E-state index contributed by atoms with van der Waals surface area (Å²) in [4.78, 5) is 74.6. The third kappa shape index (κ3) is 18.7. The van der Waals surface area contributed by atoms with E-state index < -0.39 is 59.5 Å². The molecule has 476 valence electrons. The number of aromatic amines is 1. The van der Waals surface area contributed by atoms with Crippen LogP contribution in [0.4, 0.5) is 26.7 Å². The number of nitrogens with one attached hydrogen (secondary N) is 3. The van der Waals surface area contributed by atoms with Crippen LogP contribution in [0.15, 0.2) is 130 Å². The lowest BCUT2D eigenvalue weighted by molar-refractivity contribution is 0.0150. The number of carbonyl (C=O) groups excluding carboxylic acids is 4. The van der Waals surface area contributed by atoms with Gasteiger partial charge in [-0.05, 0) is 182 Å². The predicted molar refractivity (Wildman–Crippen MR) is 350 cm³/mol. The highest BCUT2D eigenvalue weighted by Gasteiger charge is 2.41. The number of ether oxygens (including phenoxy) is 5. The molecule has 0 spiro atoms. The van der Waals surface area contributed by atoms with Crippen molar-refractivity contribution in [1.82, 2.24) is 14.9 Å². The number of anilines is 3. The number of carbonyl (C=O) groups is 4. The van der Waals surface area contributed by atoms with Crippen LogP contribution in [0.5, 0.6) is 11.5 Å². The quantitative estimate of drug-likeness (QED) is 0.0170. The van der Waals surface area contributed by atoms with Crippen molar-refractivity contribution in [3.63, 3.8) is 0 Å². The lowest BCUT2D eigenvalue weighted by Gasteiger charge is -2.41. The normalized spacial score (nSPS) is 12.6. The zero-order valence-electron chi connectivity index (χ0n) is 53.5. The third-order valence-corrected chi connectivity index (χ3v) is 21.5. The molecular formula is C68H86N6O13SSi. The Hall–Kier alpha value is -8.11. The summed E-state index contributed by atoms with van der Waals surface area (Å²) in [6.07, 6.45) is 5.23. The molecule has 0 fully saturated rings. The first-order chi connectivity index (χ1) is 41.8. The van der Waals surface area contributed by atoms with Gasteiger partial charge in [0.05, 0.1) is 51.8 Å². The summed E-state index contributed by atoms with van der Waals surface area (Å²) in [5.41, 5.74) is 8.61. The maximum atomic E-state index is 14.3. The van der Waals surface area contributed by atoms with Gasteiger partial charge in [-0.25, -0.2) is 18.0 Å². The molecular weight excluding hydrogens is 1170 g/mol. The van der Waals surface area contributed by atoms with Gasteiger partial charge in [0.15, 0.2) is 14.1 Å². The fourth-order valence-corrected chi connectivity index (χ4v) is 12.3. The van der Waals surface area contributed by atoms with Gasteiger partial charge >= 0.3 is 12.2 Å². The molecule has 21 heteroatoms. The lowest BCUT2D eigenvalue weighted by Crippen LogP contribution is -2.46. The molecule has 2 heterocycles. The number of primary amides is 1. The summed E-state index contributed by atoms with van der Waals surface area (Å²) in [7, 11) is -5.16. The number of hydrogen-bond donors (Lipinski definition) is 4. The van der Waals surface area contributed by atoms with Crippen molar-refractivity contribution in [3.8, 4) is 11.5 Å². The van der Waals surface area contributed by atoms with Crippen molar-refractivity contribution in [2.24, 2.45) is 5.73 Å². The molecule has 0 aliphatic carbocycles. The van der Waals surface area contributed by atoms with Crippen LogP contribution in [0.2, 0.25) is 18.1 Å². The van der Waals surface area contributed by atoms with E-state index in [0.29, 0.717) is 70.7 Å². The minimum Gasteiger partial charge on any atom is -0.497 e. The average molecular weight is 1260 g/mol. The number of methoxy groups -OCH3 is 1. The smallest absolute Gasteiger partial charge is 0.497 e. The Kier molecular flexibility index (Phi) is 22.3. The van der Waals surface area contributed by atoms with E-state index >= 15 is 0 Å². The van der Waals surface area contributed by atoms with Crippen LogP contribution >= 0.6 is 0 Å². The molecule has 2 aromatic heterocycles. The minimum atomic E-state index is -4.19. The number of nitrogens with two attached hydrogens (primary N) is 1. The van der Waals surface area contributed by atoms with Gasteiger partial charge in [0.25, 0.3) is 11.8 Å². The highest BCUT2D eigenvalue weighted by atomic mass is 32.2. The summed E-state index contributed by atoms with van der Waals surface area (Å²) < 4.78 is 64.1. The van der Waals surface area contributed by atoms with E-state index in [-0.39, 0.29) is 49.5 Å². The van der Waals surface area contributed by atoms with Crippen molar-refractivity contribution < 1.29 is 55.7 Å². The van der Waals surface area contributed by atoms with Crippen LogP contribution in [0.3, 0.4) is 0 Å². The van der Waals surface area contributed by atoms with Crippen LogP contribution < -0.4 is 31.4 Å². The van der Waals surface area contributed by atoms with Crippen LogP contribution in [-0.2, 0) is 34.9 Å². The molecule has 89 heavy (non-hydrogen) atoms. The van der Waals surface area contributed by atoms with E-state index in [1.165, 1.54) is 49.7 Å². The first-order valence-electron chi connectivity index (χ1n) is 30.0. The topological polar surface area (TPSA) is 257 Å². The minimum absolute atomic E-state index is 0.0582. The van der Waals surface area contributed by atoms with Gasteiger partial charge < -0.3 is 54.4 Å². The number of nitrogens with zero attached hydrogens (tertiary/aromatic N) is 2. The van der Waals surface area contributed by atoms with Crippen molar-refractivity contribution in [2.45, 2.75) is 159 Å². The van der Waals surface area contributed by atoms with Gasteiger partial charge in [0.2, 0.25) is 15.4 Å². The molecule has 0 saturated carbocycles. The molecule has 1 atom stereocenters. The number of benzene rings is 5. The van der Waals surface area contributed by atoms with Crippen molar-refractivity contribution >= 4 is 81.1 Å². The predicted octanol–water partition coefficient (Wildman–Crippen LogP) is 14.5. The van der Waals surface area contributed by atoms with Crippen molar-refractivity contribution in [2.75, 3.05) is 44.0 Å². The zero-order valence-corrected chi connectivity index (χ0v) is 55.3. The summed E-state index contributed by atoms with van der Waals surface area (Å²) in [5.74, 6) is -0.542. The lowest BCUT2D eigenvalue weighted by atomic mass is 10.0. The van der Waals surface area contributed by atoms with Crippen LogP contribution in [-0.4, -0.2) is 100 Å². The third-order valence-electron chi connectivity index (χ3n) is 15.2. The maximum Gasteiger partial charge on any atom is 0.514 e. The van der Waals surface area contributed by atoms with Crippen LogP contribution in [0.1, 0.15) is 144 Å². The number of amides is 3. The Morgan fingerprint density at radius 1 is 0.742 bits per heavy atom. The first-order valence-corrected chi connectivity index (χ1v) is 34.4. The first kappa shape index (κ1) is 68.4. The molecule has 0 aliphatic heterocycles. The van der Waals surface area contributed by atoms with Crippen LogP contribution in [0, 0.1) is 6.92 Å². The highest BCUT2D eigenvalue weighted by Crippen LogP contribution is 2.42. The van der Waals surface area contributed by atoms with Gasteiger partial charge in [-0.1, -0.05) is 63.9 Å². The molecule has 0 bridgehead atoms. The van der Waals surface area contributed by atoms with E-state index in [2.05, 4.69) is 54.5 Å². The van der Waals surface area contributed by atoms with E-state index in [4.69, 9.17) is 33.8 Å². The van der Waals surface area contributed by atoms with Gasteiger partial charge in [0, 0.05) is 65.8 Å². The monoisotopic (exact) mass is 1250 g/mol. The number of pyridine rings is 2. The molecule has 0 saturated heterocycles. The fraction of sp³-hybridized carbons (Fsp3) is 0.412. The fourth-order valence-electron chi connectivity index (χ4n) is 9.65. The summed E-state index contributed by atoms with van der Waals surface area (Å²) >= 11 is 0. The molecule has 7 aromatic rings. The van der Waals surface area contributed by atoms with E-state index in [0.717, 1.165) is 49.7 Å².